The second-order valence-corrected chi connectivity index (χ2v) is 6.35. The van der Waals surface area contributed by atoms with Crippen LogP contribution in [0, 0.1) is 5.92 Å². The Balaban J connectivity index is 1.59. The largest absolute Gasteiger partial charge is 0.324 e. The summed E-state index contributed by atoms with van der Waals surface area (Å²) in [7, 11) is 2.25. The van der Waals surface area contributed by atoms with Crippen molar-refractivity contribution in [2.45, 2.75) is 31.5 Å². The van der Waals surface area contributed by atoms with Crippen molar-refractivity contribution in [3.05, 3.63) is 35.9 Å². The van der Waals surface area contributed by atoms with Crippen LogP contribution in [0.5, 0.6) is 0 Å². The minimum atomic E-state index is 0.151. The summed E-state index contributed by atoms with van der Waals surface area (Å²) >= 11 is 0. The maximum absolute atomic E-state index is 6.40. The van der Waals surface area contributed by atoms with E-state index in [0.29, 0.717) is 5.92 Å². The number of nitrogens with two attached hydrogens (primary N) is 1. The zero-order chi connectivity index (χ0) is 13.4. The molecule has 2 fully saturated rings. The Kier molecular flexibility index (Phi) is 3.61. The molecule has 3 rings (SSSR count). The monoisotopic (exact) mass is 259 g/mol. The predicted octanol–water partition coefficient (Wildman–Crippen LogP) is 1.71. The van der Waals surface area contributed by atoms with Gasteiger partial charge < -0.3 is 10.6 Å². The van der Waals surface area contributed by atoms with E-state index >= 15 is 0 Å². The molecule has 0 aliphatic carbocycles. The third-order valence-corrected chi connectivity index (χ3v) is 4.95. The third-order valence-electron chi connectivity index (χ3n) is 4.95. The second-order valence-electron chi connectivity index (χ2n) is 6.35. The van der Waals surface area contributed by atoms with Crippen molar-refractivity contribution < 1.29 is 0 Å². The van der Waals surface area contributed by atoms with E-state index in [9.17, 15) is 0 Å². The van der Waals surface area contributed by atoms with Gasteiger partial charge in [-0.2, -0.15) is 0 Å². The van der Waals surface area contributed by atoms with E-state index in [1.807, 2.05) is 0 Å². The van der Waals surface area contributed by atoms with Crippen LogP contribution in [-0.4, -0.2) is 48.6 Å². The highest BCUT2D eigenvalue weighted by molar-refractivity contribution is 5.19. The number of likely N-dealkylation sites (N-methyl/N-ethyl adjacent to an activating group) is 1. The summed E-state index contributed by atoms with van der Waals surface area (Å²) in [6.07, 6.45) is 1.35. The Morgan fingerprint density at radius 1 is 1.21 bits per heavy atom. The Labute approximate surface area is 116 Å². The molecule has 3 nitrogen and oxygen atoms in total. The van der Waals surface area contributed by atoms with Crippen LogP contribution in [0.15, 0.2) is 30.3 Å². The molecule has 104 valence electrons. The van der Waals surface area contributed by atoms with Crippen LogP contribution in [0.2, 0.25) is 0 Å². The van der Waals surface area contributed by atoms with Crippen molar-refractivity contribution in [2.75, 3.05) is 26.7 Å². The standard InChI is InChI=1S/C16H25N3/c1-12(16(17)13-6-4-3-5-7-13)9-19-11-14-8-15(19)10-18(14)2/h3-7,12,14-16H,8-11,17H2,1-2H3/t12-,14?,15?,16+/m0/s1. The Morgan fingerprint density at radius 2 is 1.95 bits per heavy atom. The highest BCUT2D eigenvalue weighted by Crippen LogP contribution is 2.31. The minimum absolute atomic E-state index is 0.151. The maximum Gasteiger partial charge on any atom is 0.0333 e. The molecule has 0 aromatic heterocycles. The lowest BCUT2D eigenvalue weighted by Gasteiger charge is -2.35. The Bertz CT molecular complexity index is 417. The molecule has 19 heavy (non-hydrogen) atoms. The number of likely N-dealkylation sites (tertiary alicyclic amines) is 2. The van der Waals surface area contributed by atoms with Gasteiger partial charge in [-0.05, 0) is 24.9 Å². The summed E-state index contributed by atoms with van der Waals surface area (Å²) in [5.41, 5.74) is 7.67. The summed E-state index contributed by atoms with van der Waals surface area (Å²) in [4.78, 5) is 5.15. The molecule has 4 atom stereocenters. The van der Waals surface area contributed by atoms with Gasteiger partial charge >= 0.3 is 0 Å². The van der Waals surface area contributed by atoms with E-state index in [2.05, 4.69) is 54.1 Å². The molecule has 0 amide bonds. The fourth-order valence-corrected chi connectivity index (χ4v) is 3.66. The molecule has 3 heteroatoms. The van der Waals surface area contributed by atoms with Crippen LogP contribution < -0.4 is 5.73 Å². The lowest BCUT2D eigenvalue weighted by molar-refractivity contribution is 0.129. The van der Waals surface area contributed by atoms with E-state index in [1.54, 1.807) is 0 Å². The first kappa shape index (κ1) is 13.1. The van der Waals surface area contributed by atoms with Gasteiger partial charge in [0.05, 0.1) is 0 Å². The lowest BCUT2D eigenvalue weighted by atomic mass is 9.94. The molecular formula is C16H25N3. The number of rotatable bonds is 4. The van der Waals surface area contributed by atoms with Gasteiger partial charge in [0.2, 0.25) is 0 Å². The van der Waals surface area contributed by atoms with Gasteiger partial charge in [0.15, 0.2) is 0 Å². The van der Waals surface area contributed by atoms with Crippen LogP contribution in [0.4, 0.5) is 0 Å². The minimum Gasteiger partial charge on any atom is -0.324 e. The zero-order valence-electron chi connectivity index (χ0n) is 12.0. The quantitative estimate of drug-likeness (QED) is 0.893. The molecule has 2 unspecified atom stereocenters. The van der Waals surface area contributed by atoms with Crippen molar-refractivity contribution in [3.63, 3.8) is 0 Å². The SMILES string of the molecule is C[C@@H](CN1CC2CC1CN2C)[C@@H](N)c1ccccc1. The lowest BCUT2D eigenvalue weighted by Crippen LogP contribution is -2.46. The Morgan fingerprint density at radius 3 is 2.53 bits per heavy atom. The van der Waals surface area contributed by atoms with E-state index in [-0.39, 0.29) is 6.04 Å². The van der Waals surface area contributed by atoms with Gasteiger partial charge in [-0.15, -0.1) is 0 Å². The molecule has 2 bridgehead atoms. The van der Waals surface area contributed by atoms with Crippen LogP contribution in [0.3, 0.4) is 0 Å². The molecule has 0 radical (unpaired) electrons. The first-order valence-corrected chi connectivity index (χ1v) is 7.40. The number of hydrogen-bond acceptors (Lipinski definition) is 3. The van der Waals surface area contributed by atoms with Crippen molar-refractivity contribution in [1.82, 2.24) is 9.80 Å². The number of piperazine rings is 1. The van der Waals surface area contributed by atoms with Gasteiger partial charge in [0, 0.05) is 37.8 Å². The van der Waals surface area contributed by atoms with Crippen molar-refractivity contribution in [3.8, 4) is 0 Å². The number of benzene rings is 1. The average Bonchev–Trinajstić information content (AvgIpc) is 2.97. The van der Waals surface area contributed by atoms with Gasteiger partial charge in [-0.3, -0.25) is 4.90 Å². The molecule has 1 aromatic rings. The fraction of sp³-hybridized carbons (Fsp3) is 0.625. The summed E-state index contributed by atoms with van der Waals surface area (Å²) in [6.45, 7) is 5.88. The zero-order valence-corrected chi connectivity index (χ0v) is 12.0. The van der Waals surface area contributed by atoms with Crippen LogP contribution in [0.1, 0.15) is 24.9 Å². The summed E-state index contributed by atoms with van der Waals surface area (Å²) in [5.74, 6) is 0.507. The third kappa shape index (κ3) is 2.55. The van der Waals surface area contributed by atoms with Crippen LogP contribution >= 0.6 is 0 Å². The summed E-state index contributed by atoms with van der Waals surface area (Å²) < 4.78 is 0. The maximum atomic E-state index is 6.40. The van der Waals surface area contributed by atoms with Crippen molar-refractivity contribution in [1.29, 1.82) is 0 Å². The number of nitrogens with zero attached hydrogens (tertiary/aromatic N) is 2. The molecule has 1 aromatic carbocycles. The van der Waals surface area contributed by atoms with E-state index in [0.717, 1.165) is 18.6 Å². The topological polar surface area (TPSA) is 32.5 Å². The first-order valence-electron chi connectivity index (χ1n) is 7.40. The fourth-order valence-electron chi connectivity index (χ4n) is 3.66. The van der Waals surface area contributed by atoms with E-state index < -0.39 is 0 Å². The van der Waals surface area contributed by atoms with Gasteiger partial charge in [0.1, 0.15) is 0 Å². The van der Waals surface area contributed by atoms with Crippen LogP contribution in [0.25, 0.3) is 0 Å². The molecule has 2 aliphatic heterocycles. The highest BCUT2D eigenvalue weighted by Gasteiger charge is 2.41. The number of fused-ring (bicyclic) bond motifs is 2. The summed E-state index contributed by atoms with van der Waals surface area (Å²) in [6, 6.07) is 12.2. The van der Waals surface area contributed by atoms with Gasteiger partial charge in [-0.25, -0.2) is 0 Å². The van der Waals surface area contributed by atoms with Gasteiger partial charge in [0.25, 0.3) is 0 Å². The Hall–Kier alpha value is -0.900. The van der Waals surface area contributed by atoms with Gasteiger partial charge in [-0.1, -0.05) is 37.3 Å². The van der Waals surface area contributed by atoms with E-state index in [1.165, 1.54) is 25.1 Å². The molecule has 2 heterocycles. The molecular weight excluding hydrogens is 234 g/mol. The normalized spacial score (nSPS) is 30.7. The first-order chi connectivity index (χ1) is 9.15. The summed E-state index contributed by atoms with van der Waals surface area (Å²) in [5, 5.41) is 0. The molecule has 0 spiro atoms. The smallest absolute Gasteiger partial charge is 0.0333 e. The molecule has 0 saturated carbocycles. The molecule has 2 saturated heterocycles. The average molecular weight is 259 g/mol. The second kappa shape index (κ2) is 5.23. The van der Waals surface area contributed by atoms with Crippen molar-refractivity contribution in [2.24, 2.45) is 11.7 Å². The predicted molar refractivity (Wildman–Crippen MR) is 78.9 cm³/mol. The van der Waals surface area contributed by atoms with Crippen LogP contribution in [-0.2, 0) is 0 Å². The molecule has 2 aliphatic rings. The molecule has 2 N–H and O–H groups in total. The van der Waals surface area contributed by atoms with E-state index in [4.69, 9.17) is 5.73 Å². The number of hydrogen-bond donors (Lipinski definition) is 1. The highest BCUT2D eigenvalue weighted by atomic mass is 15.3. The van der Waals surface area contributed by atoms with Crippen molar-refractivity contribution >= 4 is 0 Å².